The molecule has 0 radical (unpaired) electrons. The molecule has 0 nitrogen and oxygen atoms in total. The molecule has 1 aliphatic rings. The molecule has 0 bridgehead atoms. The zero-order valence-corrected chi connectivity index (χ0v) is 7.69. The summed E-state index contributed by atoms with van der Waals surface area (Å²) in [5.74, 6) is -3.59. The fourth-order valence-electron chi connectivity index (χ4n) is 1.56. The summed E-state index contributed by atoms with van der Waals surface area (Å²) in [5, 5.41) is 0. The molecule has 0 N–H and O–H groups in total. The quantitative estimate of drug-likeness (QED) is 0.561. The molecule has 70 valence electrons. The first-order valence-electron chi connectivity index (χ1n) is 4.59. The van der Waals surface area contributed by atoms with Crippen molar-refractivity contribution >= 4 is 0 Å². The van der Waals surface area contributed by atoms with Gasteiger partial charge in [-0.15, -0.1) is 0 Å². The average molecular weight is 174 g/mol. The Morgan fingerprint density at radius 3 is 2.50 bits per heavy atom. The van der Waals surface area contributed by atoms with Crippen molar-refractivity contribution in [1.82, 2.24) is 0 Å². The van der Waals surface area contributed by atoms with E-state index >= 15 is 0 Å². The third-order valence-electron chi connectivity index (χ3n) is 2.52. The molecule has 0 saturated heterocycles. The van der Waals surface area contributed by atoms with E-state index in [0.29, 0.717) is 6.42 Å². The minimum absolute atomic E-state index is 0.522. The Labute approximate surface area is 72.7 Å². The minimum Gasteiger partial charge on any atom is -0.206 e. The van der Waals surface area contributed by atoms with Crippen molar-refractivity contribution in [3.8, 4) is 0 Å². The number of hydrogen-bond acceptors (Lipinski definition) is 0. The minimum atomic E-state index is -2.52. The van der Waals surface area contributed by atoms with Crippen molar-refractivity contribution in [1.29, 1.82) is 0 Å². The maximum atomic E-state index is 13.4. The van der Waals surface area contributed by atoms with Crippen LogP contribution in [0.3, 0.4) is 0 Å². The molecule has 0 heterocycles. The summed E-state index contributed by atoms with van der Waals surface area (Å²) in [6.07, 6.45) is 6.07. The molecular weight excluding hydrogens is 158 g/mol. The standard InChI is InChI=1S/C10H16F2/c1-8(2)10(11,12)9-6-4-3-5-7-9/h4,6,8-9H,3,5,7H2,1-2H3. The topological polar surface area (TPSA) is 0 Å². The third kappa shape index (κ3) is 1.85. The van der Waals surface area contributed by atoms with Crippen molar-refractivity contribution in [3.05, 3.63) is 12.2 Å². The maximum Gasteiger partial charge on any atom is 0.256 e. The van der Waals surface area contributed by atoms with Gasteiger partial charge in [-0.1, -0.05) is 26.0 Å². The Morgan fingerprint density at radius 1 is 1.42 bits per heavy atom. The van der Waals surface area contributed by atoms with Crippen LogP contribution in [-0.4, -0.2) is 5.92 Å². The van der Waals surface area contributed by atoms with Crippen molar-refractivity contribution in [2.45, 2.75) is 39.0 Å². The second-order valence-corrected chi connectivity index (χ2v) is 3.79. The van der Waals surface area contributed by atoms with Gasteiger partial charge < -0.3 is 0 Å². The van der Waals surface area contributed by atoms with Gasteiger partial charge in [-0.05, 0) is 19.3 Å². The molecule has 1 aliphatic carbocycles. The molecule has 1 rings (SSSR count). The summed E-state index contributed by atoms with van der Waals surface area (Å²) in [7, 11) is 0. The molecule has 0 aliphatic heterocycles. The molecule has 12 heavy (non-hydrogen) atoms. The van der Waals surface area contributed by atoms with Gasteiger partial charge in [0.2, 0.25) is 0 Å². The zero-order valence-electron chi connectivity index (χ0n) is 7.69. The van der Waals surface area contributed by atoms with Crippen LogP contribution >= 0.6 is 0 Å². The fourth-order valence-corrected chi connectivity index (χ4v) is 1.56. The Hall–Kier alpha value is -0.400. The van der Waals surface area contributed by atoms with Gasteiger partial charge in [0.1, 0.15) is 0 Å². The van der Waals surface area contributed by atoms with E-state index in [0.717, 1.165) is 12.8 Å². The summed E-state index contributed by atoms with van der Waals surface area (Å²) >= 11 is 0. The van der Waals surface area contributed by atoms with Crippen LogP contribution in [-0.2, 0) is 0 Å². The van der Waals surface area contributed by atoms with Crippen molar-refractivity contribution in [2.24, 2.45) is 11.8 Å². The number of rotatable bonds is 2. The molecule has 0 aromatic heterocycles. The molecule has 1 atom stereocenters. The lowest BCUT2D eigenvalue weighted by Crippen LogP contribution is -2.33. The molecule has 0 aromatic rings. The molecule has 1 unspecified atom stereocenters. The molecule has 0 spiro atoms. The van der Waals surface area contributed by atoms with Crippen LogP contribution in [0.25, 0.3) is 0 Å². The van der Waals surface area contributed by atoms with Crippen molar-refractivity contribution in [2.75, 3.05) is 0 Å². The predicted molar refractivity (Wildman–Crippen MR) is 46.3 cm³/mol. The normalized spacial score (nSPS) is 24.9. The number of halogens is 2. The molecule has 0 amide bonds. The van der Waals surface area contributed by atoms with Gasteiger partial charge in [0.25, 0.3) is 5.92 Å². The third-order valence-corrected chi connectivity index (χ3v) is 2.52. The molecular formula is C10H16F2. The fraction of sp³-hybridized carbons (Fsp3) is 0.800. The van der Waals surface area contributed by atoms with Crippen molar-refractivity contribution in [3.63, 3.8) is 0 Å². The van der Waals surface area contributed by atoms with Gasteiger partial charge in [0, 0.05) is 11.8 Å². The van der Waals surface area contributed by atoms with Gasteiger partial charge in [-0.3, -0.25) is 0 Å². The highest BCUT2D eigenvalue weighted by Gasteiger charge is 2.40. The lowest BCUT2D eigenvalue weighted by atomic mass is 9.85. The summed E-state index contributed by atoms with van der Waals surface area (Å²) in [6, 6.07) is 0. The summed E-state index contributed by atoms with van der Waals surface area (Å²) in [5.41, 5.74) is 0. The van der Waals surface area contributed by atoms with E-state index in [-0.39, 0.29) is 0 Å². The van der Waals surface area contributed by atoms with Crippen LogP contribution in [0, 0.1) is 11.8 Å². The van der Waals surface area contributed by atoms with Gasteiger partial charge in [-0.25, -0.2) is 8.78 Å². The van der Waals surface area contributed by atoms with Crippen LogP contribution in [0.2, 0.25) is 0 Å². The van der Waals surface area contributed by atoms with E-state index in [9.17, 15) is 8.78 Å². The van der Waals surface area contributed by atoms with E-state index in [4.69, 9.17) is 0 Å². The van der Waals surface area contributed by atoms with E-state index in [1.807, 2.05) is 6.08 Å². The monoisotopic (exact) mass is 174 g/mol. The van der Waals surface area contributed by atoms with Crippen LogP contribution in [0.5, 0.6) is 0 Å². The van der Waals surface area contributed by atoms with Gasteiger partial charge in [0.05, 0.1) is 0 Å². The first-order chi connectivity index (χ1) is 5.55. The van der Waals surface area contributed by atoms with Gasteiger partial charge in [0.15, 0.2) is 0 Å². The summed E-state index contributed by atoms with van der Waals surface area (Å²) < 4.78 is 26.8. The van der Waals surface area contributed by atoms with E-state index < -0.39 is 17.8 Å². The Kier molecular flexibility index (Phi) is 2.86. The average Bonchev–Trinajstić information content (AvgIpc) is 2.06. The molecule has 0 saturated carbocycles. The first-order valence-corrected chi connectivity index (χ1v) is 4.59. The lowest BCUT2D eigenvalue weighted by molar-refractivity contribution is -0.0855. The SMILES string of the molecule is CC(C)C(F)(F)C1C=CCCC1. The van der Waals surface area contributed by atoms with E-state index in [1.54, 1.807) is 19.9 Å². The lowest BCUT2D eigenvalue weighted by Gasteiger charge is -2.29. The van der Waals surface area contributed by atoms with Crippen LogP contribution in [0.15, 0.2) is 12.2 Å². The highest BCUT2D eigenvalue weighted by Crippen LogP contribution is 2.38. The predicted octanol–water partition coefficient (Wildman–Crippen LogP) is 3.63. The molecule has 2 heteroatoms. The number of alkyl halides is 2. The number of allylic oxidation sites excluding steroid dienone is 2. The Morgan fingerprint density at radius 2 is 2.08 bits per heavy atom. The zero-order chi connectivity index (χ0) is 9.19. The Bertz CT molecular complexity index is 171. The van der Waals surface area contributed by atoms with Crippen LogP contribution in [0.1, 0.15) is 33.1 Å². The highest BCUT2D eigenvalue weighted by molar-refractivity contribution is 4.99. The summed E-state index contributed by atoms with van der Waals surface area (Å²) in [4.78, 5) is 0. The highest BCUT2D eigenvalue weighted by atomic mass is 19.3. The summed E-state index contributed by atoms with van der Waals surface area (Å²) in [6.45, 7) is 3.17. The second kappa shape index (κ2) is 3.55. The van der Waals surface area contributed by atoms with Crippen LogP contribution < -0.4 is 0 Å². The van der Waals surface area contributed by atoms with Crippen molar-refractivity contribution < 1.29 is 8.78 Å². The number of hydrogen-bond donors (Lipinski definition) is 0. The smallest absolute Gasteiger partial charge is 0.206 e. The second-order valence-electron chi connectivity index (χ2n) is 3.79. The Balaban J connectivity index is 2.66. The van der Waals surface area contributed by atoms with E-state index in [1.165, 1.54) is 0 Å². The maximum absolute atomic E-state index is 13.4. The molecule has 0 aromatic carbocycles. The largest absolute Gasteiger partial charge is 0.256 e. The van der Waals surface area contributed by atoms with Gasteiger partial charge in [-0.2, -0.15) is 0 Å². The van der Waals surface area contributed by atoms with Crippen LogP contribution in [0.4, 0.5) is 8.78 Å². The van der Waals surface area contributed by atoms with E-state index in [2.05, 4.69) is 0 Å². The molecule has 0 fully saturated rings. The first kappa shape index (κ1) is 9.69. The van der Waals surface area contributed by atoms with Gasteiger partial charge >= 0.3 is 0 Å².